The highest BCUT2D eigenvalue weighted by molar-refractivity contribution is 5.75. The molecular weight excluding hydrogens is 212 g/mol. The van der Waals surface area contributed by atoms with Crippen LogP contribution in [0, 0.1) is 6.92 Å². The van der Waals surface area contributed by atoms with E-state index in [1.807, 2.05) is 19.1 Å². The molecular formula is C11H13O5. The average molecular weight is 225 g/mol. The van der Waals surface area contributed by atoms with Crippen LogP contribution in [-0.2, 0) is 14.7 Å². The van der Waals surface area contributed by atoms with Gasteiger partial charge in [0.05, 0.1) is 12.8 Å². The third-order valence-electron chi connectivity index (χ3n) is 1.65. The molecule has 5 heteroatoms. The van der Waals surface area contributed by atoms with E-state index in [1.54, 1.807) is 12.1 Å². The predicted molar refractivity (Wildman–Crippen MR) is 55.8 cm³/mol. The number of carbonyl (C=O) groups is 2. The van der Waals surface area contributed by atoms with Gasteiger partial charge in [-0.1, -0.05) is 18.2 Å². The average Bonchev–Trinajstić information content (AvgIpc) is 2.20. The molecule has 1 aromatic rings. The number of para-hydroxylation sites is 1. The second-order valence-corrected chi connectivity index (χ2v) is 3.05. The van der Waals surface area contributed by atoms with Gasteiger partial charge < -0.3 is 10.2 Å². The Morgan fingerprint density at radius 2 is 1.50 bits per heavy atom. The summed E-state index contributed by atoms with van der Waals surface area (Å²) in [6.07, 6.45) is -0.593. The minimum absolute atomic E-state index is 0.118. The van der Waals surface area contributed by atoms with Crippen molar-refractivity contribution in [2.75, 3.05) is 0 Å². The van der Waals surface area contributed by atoms with E-state index in [4.69, 9.17) is 10.2 Å². The third kappa shape index (κ3) is 7.37. The molecule has 0 aliphatic heterocycles. The predicted octanol–water partition coefficient (Wildman–Crippen LogP) is 2.07. The first kappa shape index (κ1) is 14.0. The Morgan fingerprint density at radius 3 is 1.75 bits per heavy atom. The number of carboxylic acids is 2. The monoisotopic (exact) mass is 225 g/mol. The molecule has 1 radical (unpaired) electrons. The number of hydrogen-bond acceptors (Lipinski definition) is 2. The van der Waals surface area contributed by atoms with Crippen molar-refractivity contribution in [2.24, 2.45) is 0 Å². The van der Waals surface area contributed by atoms with Crippen LogP contribution in [0.25, 0.3) is 0 Å². The fourth-order valence-corrected chi connectivity index (χ4v) is 0.770. The van der Waals surface area contributed by atoms with Gasteiger partial charge in [-0.3, -0.25) is 14.7 Å². The second-order valence-electron chi connectivity index (χ2n) is 3.05. The number of aliphatic carboxylic acids is 2. The summed E-state index contributed by atoms with van der Waals surface area (Å²) in [5, 5.41) is 26.4. The van der Waals surface area contributed by atoms with Crippen molar-refractivity contribution >= 4 is 11.9 Å². The Labute approximate surface area is 93.0 Å². The van der Waals surface area contributed by atoms with Gasteiger partial charge in [-0.05, 0) is 18.6 Å². The largest absolute Gasteiger partial charge is 0.481 e. The van der Waals surface area contributed by atoms with E-state index in [0.29, 0.717) is 0 Å². The lowest BCUT2D eigenvalue weighted by Gasteiger charge is -1.88. The van der Waals surface area contributed by atoms with E-state index in [2.05, 4.69) is 0 Å². The molecule has 16 heavy (non-hydrogen) atoms. The van der Waals surface area contributed by atoms with Crippen LogP contribution in [0.4, 0.5) is 0 Å². The number of hydrogen-bond donors (Lipinski definition) is 2. The molecule has 0 atom stereocenters. The number of carboxylic acid groups (broad SMARTS) is 2. The molecule has 0 fully saturated rings. The first-order valence-electron chi connectivity index (χ1n) is 4.59. The lowest BCUT2D eigenvalue weighted by Crippen LogP contribution is -2.00. The van der Waals surface area contributed by atoms with Crippen LogP contribution >= 0.6 is 0 Å². The number of rotatable bonds is 3. The van der Waals surface area contributed by atoms with Crippen LogP contribution in [0.3, 0.4) is 0 Å². The zero-order valence-corrected chi connectivity index (χ0v) is 8.84. The molecule has 0 aliphatic rings. The summed E-state index contributed by atoms with van der Waals surface area (Å²) in [5.74, 6) is -2.03. The Balaban J connectivity index is 0.000000281. The Bertz CT molecular complexity index is 324. The molecule has 0 heterocycles. The van der Waals surface area contributed by atoms with Crippen molar-refractivity contribution in [3.63, 3.8) is 0 Å². The van der Waals surface area contributed by atoms with Crippen molar-refractivity contribution in [1.29, 1.82) is 0 Å². The molecule has 0 aromatic heterocycles. The summed E-state index contributed by atoms with van der Waals surface area (Å²) in [4.78, 5) is 19.3. The smallest absolute Gasteiger partial charge is 0.303 e. The molecule has 1 rings (SSSR count). The van der Waals surface area contributed by atoms with E-state index in [0.717, 1.165) is 5.56 Å². The van der Waals surface area contributed by atoms with Gasteiger partial charge >= 0.3 is 11.9 Å². The molecule has 0 aliphatic carbocycles. The lowest BCUT2D eigenvalue weighted by atomic mass is 10.2. The Kier molecular flexibility index (Phi) is 6.35. The fourth-order valence-electron chi connectivity index (χ4n) is 0.770. The normalized spacial score (nSPS) is 8.81. The van der Waals surface area contributed by atoms with Crippen molar-refractivity contribution in [1.82, 2.24) is 0 Å². The highest BCUT2D eigenvalue weighted by Crippen LogP contribution is 2.13. The van der Waals surface area contributed by atoms with Crippen LogP contribution < -0.4 is 0 Å². The maximum absolute atomic E-state index is 10.6. The van der Waals surface area contributed by atoms with E-state index in [-0.39, 0.29) is 18.6 Å². The summed E-state index contributed by atoms with van der Waals surface area (Å²) < 4.78 is 0. The minimum atomic E-state index is -1.08. The molecule has 0 bridgehead atoms. The van der Waals surface area contributed by atoms with Crippen molar-refractivity contribution in [3.8, 4) is 5.75 Å². The van der Waals surface area contributed by atoms with Gasteiger partial charge in [0.2, 0.25) is 0 Å². The number of aryl methyl sites for hydroxylation is 1. The summed E-state index contributed by atoms with van der Waals surface area (Å²) in [6.45, 7) is 1.81. The van der Waals surface area contributed by atoms with Gasteiger partial charge in [0.25, 0.3) is 0 Å². The van der Waals surface area contributed by atoms with Gasteiger partial charge in [-0.15, -0.1) is 0 Å². The van der Waals surface area contributed by atoms with Gasteiger partial charge in [0, 0.05) is 0 Å². The van der Waals surface area contributed by atoms with E-state index >= 15 is 0 Å². The highest BCUT2D eigenvalue weighted by Gasteiger charge is 2.00. The molecule has 87 valence electrons. The zero-order valence-electron chi connectivity index (χ0n) is 8.84. The van der Waals surface area contributed by atoms with Crippen LogP contribution in [0.15, 0.2) is 24.3 Å². The maximum atomic E-state index is 10.6. The Hall–Kier alpha value is -2.04. The first-order chi connectivity index (χ1) is 7.43. The SMILES string of the molecule is Cc1ccccc1[O].O=C(O)CCC(=O)O. The lowest BCUT2D eigenvalue weighted by molar-refractivity contribution is -0.143. The van der Waals surface area contributed by atoms with Crippen molar-refractivity contribution in [2.45, 2.75) is 19.8 Å². The van der Waals surface area contributed by atoms with Gasteiger partial charge in [-0.2, -0.15) is 0 Å². The third-order valence-corrected chi connectivity index (χ3v) is 1.65. The van der Waals surface area contributed by atoms with Crippen molar-refractivity contribution < 1.29 is 24.9 Å². The quantitative estimate of drug-likeness (QED) is 0.823. The topological polar surface area (TPSA) is 94.5 Å². The van der Waals surface area contributed by atoms with E-state index in [1.165, 1.54) is 0 Å². The summed E-state index contributed by atoms with van der Waals surface area (Å²) >= 11 is 0. The molecule has 2 N–H and O–H groups in total. The maximum Gasteiger partial charge on any atom is 0.303 e. The molecule has 0 spiro atoms. The second kappa shape index (κ2) is 7.28. The summed E-state index contributed by atoms with van der Waals surface area (Å²) in [6, 6.07) is 6.98. The van der Waals surface area contributed by atoms with Crippen LogP contribution in [0.1, 0.15) is 18.4 Å². The van der Waals surface area contributed by atoms with E-state index < -0.39 is 11.9 Å². The molecule has 0 saturated carbocycles. The van der Waals surface area contributed by atoms with Crippen LogP contribution in [-0.4, -0.2) is 22.2 Å². The molecule has 0 unspecified atom stereocenters. The van der Waals surface area contributed by atoms with Crippen LogP contribution in [0.2, 0.25) is 0 Å². The molecule has 5 nitrogen and oxygen atoms in total. The van der Waals surface area contributed by atoms with Gasteiger partial charge in [-0.25, -0.2) is 0 Å². The first-order valence-corrected chi connectivity index (χ1v) is 4.59. The summed E-state index contributed by atoms with van der Waals surface area (Å²) in [5.41, 5.74) is 0.813. The van der Waals surface area contributed by atoms with E-state index in [9.17, 15) is 14.7 Å². The zero-order chi connectivity index (χ0) is 12.6. The Morgan fingerprint density at radius 1 is 1.06 bits per heavy atom. The molecule has 1 aromatic carbocycles. The number of benzene rings is 1. The highest BCUT2D eigenvalue weighted by atomic mass is 16.4. The molecule has 0 amide bonds. The minimum Gasteiger partial charge on any atom is -0.481 e. The van der Waals surface area contributed by atoms with Gasteiger partial charge in [0.15, 0.2) is 5.75 Å². The summed E-state index contributed by atoms with van der Waals surface area (Å²) in [7, 11) is 0. The van der Waals surface area contributed by atoms with Gasteiger partial charge in [0.1, 0.15) is 0 Å². The fraction of sp³-hybridized carbons (Fsp3) is 0.273. The van der Waals surface area contributed by atoms with Crippen LogP contribution in [0.5, 0.6) is 5.75 Å². The standard InChI is InChI=1S/C7H7O.C4H6O4/c1-6-4-2-3-5-7(6)8;5-3(6)1-2-4(7)8/h2-5H,1H3;1-2H2,(H,5,6)(H,7,8). The van der Waals surface area contributed by atoms with Crippen molar-refractivity contribution in [3.05, 3.63) is 29.8 Å². The molecule has 0 saturated heterocycles.